The molecule has 137 heavy (non-hydrogen) atoms. The maximum atomic E-state index is 13.3. The molecular weight excluding hydrogens is 1770 g/mol. The number of hydrogen-bond donors (Lipinski definition) is 8. The van der Waals surface area contributed by atoms with E-state index in [1.54, 1.807) is 37.8 Å². The molecule has 5 atom stereocenters. The SMILES string of the molecule is C.CC(C)[C@H](NC(=O)CCCCCNC(=O)CCC(=O)O)C(=O)C[C@@H](C)C(=O)Nc1ccc(C[n+]2ccc(C/C(=C/C#N)CCCCCCCCC(=O)N(C)CC3(CO)CCCC3)cc2)cc1.CSC.CSC1CC(=O)N(CCCCCC(=O)N[C@H](C(=O)C[C@@H](C)C(=O)Nc2ccc(C[n+]3ccc(C/C(=C/C#N)CCCCCCCCC(=O)N(C)CC4(CO)CCCC4)cc3)cc2)C(C)C)C1=O. The summed E-state index contributed by atoms with van der Waals surface area (Å²) in [5.41, 5.74) is 7.66. The summed E-state index contributed by atoms with van der Waals surface area (Å²) in [4.78, 5) is 155. The van der Waals surface area contributed by atoms with Crippen molar-refractivity contribution in [2.75, 3.05) is 82.9 Å². The van der Waals surface area contributed by atoms with E-state index in [-0.39, 0.29) is 158 Å². The second kappa shape index (κ2) is 66.6. The van der Waals surface area contributed by atoms with E-state index in [9.17, 15) is 78.3 Å². The van der Waals surface area contributed by atoms with Gasteiger partial charge in [0.1, 0.15) is 0 Å². The molecule has 3 fully saturated rings. The second-order valence-electron chi connectivity index (χ2n) is 38.6. The molecule has 1 aliphatic heterocycles. The van der Waals surface area contributed by atoms with E-state index in [1.165, 1.54) is 16.7 Å². The van der Waals surface area contributed by atoms with Gasteiger partial charge in [0.05, 0.1) is 49.1 Å². The maximum Gasteiger partial charge on any atom is 0.303 e. The highest BCUT2D eigenvalue weighted by Gasteiger charge is 2.39. The van der Waals surface area contributed by atoms with Crippen LogP contribution in [0.5, 0.6) is 0 Å². The number of amides is 9. The van der Waals surface area contributed by atoms with Gasteiger partial charge in [-0.3, -0.25) is 62.4 Å². The molecule has 1 saturated heterocycles. The Morgan fingerprint density at radius 1 is 0.489 bits per heavy atom. The van der Waals surface area contributed by atoms with Gasteiger partial charge in [0.25, 0.3) is 0 Å². The number of ketones is 2. The first-order valence-electron chi connectivity index (χ1n) is 49.7. The number of imide groups is 1. The van der Waals surface area contributed by atoms with Crippen molar-refractivity contribution < 1.29 is 82.0 Å². The van der Waals surface area contributed by atoms with Crippen molar-refractivity contribution in [3.8, 4) is 12.1 Å². The molecule has 29 heteroatoms. The first kappa shape index (κ1) is 119. The van der Waals surface area contributed by atoms with Crippen molar-refractivity contribution >= 4 is 106 Å². The van der Waals surface area contributed by atoms with Crippen molar-refractivity contribution in [2.45, 2.75) is 330 Å². The minimum Gasteiger partial charge on any atom is -0.481 e. The number of likely N-dealkylation sites (tertiary alicyclic amines) is 1. The van der Waals surface area contributed by atoms with Crippen LogP contribution in [-0.4, -0.2) is 190 Å². The van der Waals surface area contributed by atoms with Crippen molar-refractivity contribution in [1.29, 1.82) is 10.5 Å². The number of nitrogens with zero attached hydrogens (tertiary/aromatic N) is 7. The highest BCUT2D eigenvalue weighted by atomic mass is 32.2. The summed E-state index contributed by atoms with van der Waals surface area (Å²) in [6, 6.07) is 26.5. The Labute approximate surface area is 826 Å². The van der Waals surface area contributed by atoms with Gasteiger partial charge in [-0.15, -0.1) is 0 Å². The van der Waals surface area contributed by atoms with E-state index < -0.39 is 29.9 Å². The lowest BCUT2D eigenvalue weighted by atomic mass is 9.86. The van der Waals surface area contributed by atoms with Crippen molar-refractivity contribution in [3.05, 3.63) is 143 Å². The minimum atomic E-state index is -1.02. The zero-order valence-electron chi connectivity index (χ0n) is 83.4. The molecule has 8 N–H and O–H groups in total. The van der Waals surface area contributed by atoms with Crippen LogP contribution in [0.1, 0.15) is 309 Å². The van der Waals surface area contributed by atoms with Gasteiger partial charge in [0, 0.05) is 173 Å². The van der Waals surface area contributed by atoms with Gasteiger partial charge in [-0.25, -0.2) is 9.13 Å². The number of aromatic nitrogens is 2. The third-order valence-corrected chi connectivity index (χ3v) is 27.0. The van der Waals surface area contributed by atoms with Crippen molar-refractivity contribution in [2.24, 2.45) is 34.5 Å². The average molecular weight is 1930 g/mol. The number of anilines is 2. The summed E-state index contributed by atoms with van der Waals surface area (Å²) in [5, 5.41) is 61.2. The number of thioether (sulfide) groups is 2. The summed E-state index contributed by atoms with van der Waals surface area (Å²) in [6.07, 6.45) is 46.9. The first-order chi connectivity index (χ1) is 65.2. The number of allylic oxidation sites excluding steroid dienone is 4. The van der Waals surface area contributed by atoms with Gasteiger partial charge >= 0.3 is 5.97 Å². The summed E-state index contributed by atoms with van der Waals surface area (Å²) < 4.78 is 4.16. The molecule has 2 aromatic heterocycles. The van der Waals surface area contributed by atoms with Crippen LogP contribution in [-0.2, 0) is 83.5 Å². The van der Waals surface area contributed by atoms with Gasteiger partial charge in [0.2, 0.25) is 53.2 Å². The topological polar surface area (TPSA) is 391 Å². The van der Waals surface area contributed by atoms with Crippen molar-refractivity contribution in [1.82, 2.24) is 30.7 Å². The van der Waals surface area contributed by atoms with Gasteiger partial charge in [-0.1, -0.05) is 174 Å². The Kier molecular flexibility index (Phi) is 58.0. The van der Waals surface area contributed by atoms with E-state index >= 15 is 0 Å². The number of carbonyl (C=O) groups is 12. The highest BCUT2D eigenvalue weighted by Crippen LogP contribution is 2.40. The van der Waals surface area contributed by atoms with Crippen LogP contribution in [0.25, 0.3) is 0 Å². The smallest absolute Gasteiger partial charge is 0.303 e. The number of hydrogen-bond acceptors (Lipinski definition) is 18. The quantitative estimate of drug-likeness (QED) is 0.00881. The standard InChI is InChI=1S/C53H76N6O7S.C52H76N6O8.C2H6S.CH4/c1-39(2)50(56-47(62)18-12-10-16-30-59-49(64)35-46(67-5)52(59)66)45(61)33-40(3)51(65)55-44-22-20-43(21-23-44)36-58-31-25-42(26-32-58)34-41(24-29-54)17-11-8-6-7-9-13-19-48(63)57(4)37-53(38-60)27-14-15-28-53;1-39(2)50(56-47(62)17-11-9-15-31-54-46(61)23-24-49(64)65)45(60)34-40(3)51(66)55-44-21-19-43(20-22-44)36-58-32-26-42(27-33-58)35-41(25-30-53)16-10-7-5-6-8-12-18-48(63)57(4)37-52(38-59)28-13-14-29-52;1-3-2;/h20-26,31-32,39-40,46,50,60H,6-19,27-28,30,33-38H2,1-5H3,(H-,55,56,62,65);19-22,25-27,32-33,39-40,50,59H,5-18,23-24,28-29,31,34-38H2,1-4H3,(H3-,54,55,56,61,62,64,65,66);1-2H3;1H4/p+2/b41-24+;41-25+;;/t40-,46?,50+;40-,50+;;/m11../s1. The highest BCUT2D eigenvalue weighted by molar-refractivity contribution is 8.00. The number of benzene rings is 2. The molecule has 3 heterocycles. The zero-order valence-corrected chi connectivity index (χ0v) is 85.0. The minimum absolute atomic E-state index is 0. The second-order valence-corrected chi connectivity index (χ2v) is 40.5. The molecule has 2 aliphatic carbocycles. The third kappa shape index (κ3) is 46.6. The molecule has 3 aliphatic rings. The van der Waals surface area contributed by atoms with Crippen LogP contribution in [0.2, 0.25) is 0 Å². The number of nitriles is 2. The van der Waals surface area contributed by atoms with Gasteiger partial charge < -0.3 is 51.7 Å². The van der Waals surface area contributed by atoms with E-state index in [2.05, 4.69) is 72.1 Å². The number of carboxylic acid groups (broad SMARTS) is 1. The summed E-state index contributed by atoms with van der Waals surface area (Å²) in [5.74, 6) is -4.24. The van der Waals surface area contributed by atoms with E-state index in [4.69, 9.17) is 5.11 Å². The van der Waals surface area contributed by atoms with Crippen LogP contribution in [0.15, 0.2) is 121 Å². The number of pyridine rings is 2. The normalized spacial score (nSPS) is 15.2. The number of rotatable bonds is 62. The Hall–Kier alpha value is -9.94. The largest absolute Gasteiger partial charge is 0.481 e. The van der Waals surface area contributed by atoms with E-state index in [1.807, 2.05) is 144 Å². The lowest BCUT2D eigenvalue weighted by Gasteiger charge is -2.31. The Balaban J connectivity index is 0.000000552. The molecule has 0 radical (unpaired) electrons. The van der Waals surface area contributed by atoms with Crippen LogP contribution < -0.4 is 35.7 Å². The molecule has 2 aromatic carbocycles. The summed E-state index contributed by atoms with van der Waals surface area (Å²) in [7, 11) is 3.74. The molecule has 0 bridgehead atoms. The molecule has 7 rings (SSSR count). The predicted octanol–water partition coefficient (Wildman–Crippen LogP) is 16.9. The van der Waals surface area contributed by atoms with Crippen LogP contribution in [0.3, 0.4) is 0 Å². The fourth-order valence-electron chi connectivity index (χ4n) is 17.8. The lowest BCUT2D eigenvalue weighted by molar-refractivity contribution is -0.688. The molecule has 2 saturated carbocycles. The predicted molar refractivity (Wildman–Crippen MR) is 544 cm³/mol. The number of carbonyl (C=O) groups excluding carboxylic acids is 11. The fraction of sp³-hybridized carbons (Fsp3) is 0.630. The Morgan fingerprint density at radius 2 is 0.847 bits per heavy atom. The van der Waals surface area contributed by atoms with Crippen LogP contribution in [0.4, 0.5) is 11.4 Å². The Morgan fingerprint density at radius 3 is 1.20 bits per heavy atom. The molecule has 4 aromatic rings. The van der Waals surface area contributed by atoms with E-state index in [0.29, 0.717) is 102 Å². The number of nitrogens with one attached hydrogen (secondary N) is 5. The van der Waals surface area contributed by atoms with Gasteiger partial charge in [0.15, 0.2) is 49.4 Å². The number of aliphatic hydroxyl groups excluding tert-OH is 2. The summed E-state index contributed by atoms with van der Waals surface area (Å²) in [6.45, 7) is 14.5. The number of aliphatic carboxylic acids is 1. The number of aliphatic hydroxyl groups is 2. The molecule has 27 nitrogen and oxygen atoms in total. The third-order valence-electron chi connectivity index (χ3n) is 26.1. The average Bonchev–Trinajstić information content (AvgIpc) is 1.71. The summed E-state index contributed by atoms with van der Waals surface area (Å²) >= 11 is 3.14. The fourth-order valence-corrected chi connectivity index (χ4v) is 18.4. The van der Waals surface area contributed by atoms with Crippen LogP contribution in [0, 0.1) is 57.2 Å². The monoisotopic (exact) mass is 1930 g/mol. The Bertz CT molecular complexity index is 4520. The van der Waals surface area contributed by atoms with Gasteiger partial charge in [-0.2, -0.15) is 34.0 Å². The molecule has 756 valence electrons. The van der Waals surface area contributed by atoms with Crippen LogP contribution >= 0.6 is 23.5 Å². The molecular formula is C108H164N12O15S2+2. The maximum absolute atomic E-state index is 13.3. The van der Waals surface area contributed by atoms with Gasteiger partial charge in [-0.05, 0) is 169 Å². The molecule has 0 spiro atoms. The zero-order chi connectivity index (χ0) is 99.8. The molecule has 1 unspecified atom stereocenters. The first-order valence-corrected chi connectivity index (χ1v) is 52.6. The lowest BCUT2D eigenvalue weighted by Crippen LogP contribution is -2.45. The van der Waals surface area contributed by atoms with Crippen molar-refractivity contribution in [3.63, 3.8) is 0 Å². The number of Topliss-reactive ketones (excluding diaryl/α,β-unsaturated/α-hetero) is 2. The number of unbranched alkanes of at least 4 members (excludes halogenated alkanes) is 14. The van der Waals surface area contributed by atoms with E-state index in [0.717, 1.165) is 187 Å². The number of carboxylic acids is 1. The molecule has 9 amide bonds.